The number of aryl methyl sites for hydroxylation is 2. The van der Waals surface area contributed by atoms with E-state index in [1.165, 1.54) is 11.1 Å². The summed E-state index contributed by atoms with van der Waals surface area (Å²) in [7, 11) is 2.01. The van der Waals surface area contributed by atoms with Crippen molar-refractivity contribution in [3.63, 3.8) is 0 Å². The largest absolute Gasteiger partial charge is 0.313 e. The summed E-state index contributed by atoms with van der Waals surface area (Å²) in [6.45, 7) is 2.05. The molecular weight excluding hydrogens is 254 g/mol. The molecule has 1 nitrogen and oxygen atoms in total. The average molecular weight is 274 g/mol. The number of hydrogen-bond donors (Lipinski definition) is 1. The van der Waals surface area contributed by atoms with Crippen molar-refractivity contribution < 1.29 is 0 Å². The molecule has 0 saturated carbocycles. The zero-order valence-electron chi connectivity index (χ0n) is 11.5. The fraction of sp³-hybridized carbons (Fsp3) is 0.294. The van der Waals surface area contributed by atoms with Gasteiger partial charge in [0.2, 0.25) is 0 Å². The van der Waals surface area contributed by atoms with E-state index < -0.39 is 0 Å². The molecule has 2 aromatic rings. The standard InChI is InChI=1S/C17H20ClN/c1-13-12-15(9-10-16(13)18)17(19-2)11-8-14-6-4-3-5-7-14/h3-7,9-10,12,17,19H,8,11H2,1-2H3. The van der Waals surface area contributed by atoms with Gasteiger partial charge in [-0.1, -0.05) is 54.1 Å². The van der Waals surface area contributed by atoms with Crippen LogP contribution in [-0.4, -0.2) is 7.05 Å². The van der Waals surface area contributed by atoms with Crippen LogP contribution in [-0.2, 0) is 6.42 Å². The first kappa shape index (κ1) is 14.1. The Bertz CT molecular complexity index is 522. The van der Waals surface area contributed by atoms with Crippen molar-refractivity contribution in [1.29, 1.82) is 0 Å². The Morgan fingerprint density at radius 3 is 2.47 bits per heavy atom. The van der Waals surface area contributed by atoms with Crippen molar-refractivity contribution >= 4 is 11.6 Å². The molecule has 19 heavy (non-hydrogen) atoms. The third-order valence-electron chi connectivity index (χ3n) is 3.50. The minimum Gasteiger partial charge on any atom is -0.313 e. The molecule has 0 bridgehead atoms. The van der Waals surface area contributed by atoms with Crippen molar-refractivity contribution in [2.24, 2.45) is 0 Å². The zero-order chi connectivity index (χ0) is 13.7. The Kier molecular flexibility index (Phi) is 5.00. The third kappa shape index (κ3) is 3.82. The predicted octanol–water partition coefficient (Wildman–Crippen LogP) is 4.54. The third-order valence-corrected chi connectivity index (χ3v) is 3.92. The highest BCUT2D eigenvalue weighted by Crippen LogP contribution is 2.23. The van der Waals surface area contributed by atoms with Crippen LogP contribution in [0.5, 0.6) is 0 Å². The highest BCUT2D eigenvalue weighted by molar-refractivity contribution is 6.31. The van der Waals surface area contributed by atoms with Crippen LogP contribution in [0.25, 0.3) is 0 Å². The second-order valence-electron chi connectivity index (χ2n) is 4.87. The first-order chi connectivity index (χ1) is 9.20. The van der Waals surface area contributed by atoms with E-state index in [1.54, 1.807) is 0 Å². The molecule has 1 atom stereocenters. The van der Waals surface area contributed by atoms with Crippen molar-refractivity contribution in [2.75, 3.05) is 7.05 Å². The SMILES string of the molecule is CNC(CCc1ccccc1)c1ccc(Cl)c(C)c1. The molecule has 0 aliphatic heterocycles. The lowest BCUT2D eigenvalue weighted by Crippen LogP contribution is -2.17. The van der Waals surface area contributed by atoms with Gasteiger partial charge in [0.1, 0.15) is 0 Å². The summed E-state index contributed by atoms with van der Waals surface area (Å²) in [5.74, 6) is 0. The molecule has 0 radical (unpaired) electrons. The molecule has 0 amide bonds. The van der Waals surface area contributed by atoms with Crippen LogP contribution in [0.4, 0.5) is 0 Å². The summed E-state index contributed by atoms with van der Waals surface area (Å²) >= 11 is 6.08. The molecule has 0 heterocycles. The van der Waals surface area contributed by atoms with Gasteiger partial charge in [-0.25, -0.2) is 0 Å². The number of benzene rings is 2. The van der Waals surface area contributed by atoms with E-state index in [0.717, 1.165) is 23.4 Å². The van der Waals surface area contributed by atoms with Gasteiger partial charge in [-0.05, 0) is 49.6 Å². The Labute approximate surface area is 120 Å². The Morgan fingerprint density at radius 2 is 1.84 bits per heavy atom. The van der Waals surface area contributed by atoms with E-state index >= 15 is 0 Å². The van der Waals surface area contributed by atoms with Gasteiger partial charge < -0.3 is 5.32 Å². The minimum absolute atomic E-state index is 0.371. The summed E-state index contributed by atoms with van der Waals surface area (Å²) in [5.41, 5.74) is 3.83. The number of rotatable bonds is 5. The topological polar surface area (TPSA) is 12.0 Å². The quantitative estimate of drug-likeness (QED) is 0.843. The van der Waals surface area contributed by atoms with Crippen molar-refractivity contribution in [1.82, 2.24) is 5.32 Å². The molecule has 0 aliphatic rings. The van der Waals surface area contributed by atoms with E-state index in [1.807, 2.05) is 13.1 Å². The van der Waals surface area contributed by atoms with E-state index in [2.05, 4.69) is 54.7 Å². The summed E-state index contributed by atoms with van der Waals surface area (Å²) in [5, 5.41) is 4.23. The Morgan fingerprint density at radius 1 is 1.11 bits per heavy atom. The van der Waals surface area contributed by atoms with E-state index in [-0.39, 0.29) is 0 Å². The maximum atomic E-state index is 6.08. The van der Waals surface area contributed by atoms with Gasteiger partial charge in [0.25, 0.3) is 0 Å². The van der Waals surface area contributed by atoms with Gasteiger partial charge in [0, 0.05) is 11.1 Å². The Hall–Kier alpha value is -1.31. The van der Waals surface area contributed by atoms with Crippen molar-refractivity contribution in [3.05, 3.63) is 70.2 Å². The smallest absolute Gasteiger partial charge is 0.0435 e. The molecule has 0 spiro atoms. The average Bonchev–Trinajstić information content (AvgIpc) is 2.44. The molecule has 100 valence electrons. The van der Waals surface area contributed by atoms with Crippen LogP contribution in [0.2, 0.25) is 5.02 Å². The normalized spacial score (nSPS) is 12.4. The van der Waals surface area contributed by atoms with Gasteiger partial charge in [0.15, 0.2) is 0 Å². The fourth-order valence-electron chi connectivity index (χ4n) is 2.32. The molecular formula is C17H20ClN. The molecule has 2 rings (SSSR count). The summed E-state index contributed by atoms with van der Waals surface area (Å²) in [6.07, 6.45) is 2.16. The van der Waals surface area contributed by atoms with Gasteiger partial charge in [-0.15, -0.1) is 0 Å². The lowest BCUT2D eigenvalue weighted by atomic mass is 9.98. The van der Waals surface area contributed by atoms with E-state index in [4.69, 9.17) is 11.6 Å². The molecule has 0 aromatic heterocycles. The monoisotopic (exact) mass is 273 g/mol. The number of hydrogen-bond acceptors (Lipinski definition) is 1. The van der Waals surface area contributed by atoms with E-state index in [9.17, 15) is 0 Å². The molecule has 2 aromatic carbocycles. The van der Waals surface area contributed by atoms with Gasteiger partial charge >= 0.3 is 0 Å². The molecule has 1 unspecified atom stereocenters. The first-order valence-electron chi connectivity index (χ1n) is 6.68. The predicted molar refractivity (Wildman–Crippen MR) is 82.8 cm³/mol. The van der Waals surface area contributed by atoms with Crippen LogP contribution in [0, 0.1) is 6.92 Å². The lowest BCUT2D eigenvalue weighted by molar-refractivity contribution is 0.549. The highest BCUT2D eigenvalue weighted by atomic mass is 35.5. The second-order valence-corrected chi connectivity index (χ2v) is 5.28. The summed E-state index contributed by atoms with van der Waals surface area (Å²) in [4.78, 5) is 0. The molecule has 0 fully saturated rings. The molecule has 1 N–H and O–H groups in total. The zero-order valence-corrected chi connectivity index (χ0v) is 12.2. The van der Waals surface area contributed by atoms with E-state index in [0.29, 0.717) is 6.04 Å². The second kappa shape index (κ2) is 6.74. The molecule has 2 heteroatoms. The highest BCUT2D eigenvalue weighted by Gasteiger charge is 2.10. The van der Waals surface area contributed by atoms with Gasteiger partial charge in [0.05, 0.1) is 0 Å². The maximum absolute atomic E-state index is 6.08. The number of halogens is 1. The van der Waals surface area contributed by atoms with Crippen LogP contribution in [0.15, 0.2) is 48.5 Å². The lowest BCUT2D eigenvalue weighted by Gasteiger charge is -2.17. The summed E-state index contributed by atoms with van der Waals surface area (Å²) in [6, 6.07) is 17.2. The summed E-state index contributed by atoms with van der Waals surface area (Å²) < 4.78 is 0. The van der Waals surface area contributed by atoms with Crippen LogP contribution >= 0.6 is 11.6 Å². The van der Waals surface area contributed by atoms with Crippen LogP contribution in [0.3, 0.4) is 0 Å². The molecule has 0 aliphatic carbocycles. The Balaban J connectivity index is 2.05. The number of nitrogens with one attached hydrogen (secondary N) is 1. The first-order valence-corrected chi connectivity index (χ1v) is 7.05. The van der Waals surface area contributed by atoms with Crippen molar-refractivity contribution in [3.8, 4) is 0 Å². The fourth-order valence-corrected chi connectivity index (χ4v) is 2.44. The molecule has 0 saturated heterocycles. The van der Waals surface area contributed by atoms with Crippen LogP contribution in [0.1, 0.15) is 29.2 Å². The van der Waals surface area contributed by atoms with Gasteiger partial charge in [-0.2, -0.15) is 0 Å². The van der Waals surface area contributed by atoms with Gasteiger partial charge in [-0.3, -0.25) is 0 Å². The van der Waals surface area contributed by atoms with Crippen molar-refractivity contribution in [2.45, 2.75) is 25.8 Å². The minimum atomic E-state index is 0.371. The maximum Gasteiger partial charge on any atom is 0.0435 e. The van der Waals surface area contributed by atoms with Crippen LogP contribution < -0.4 is 5.32 Å².